The quantitative estimate of drug-likeness (QED) is 0.624. The molecule has 6 heteroatoms. The zero-order chi connectivity index (χ0) is 20.3. The summed E-state index contributed by atoms with van der Waals surface area (Å²) >= 11 is 5.29. The molecule has 1 heterocycles. The maximum atomic E-state index is 13.3. The van der Waals surface area contributed by atoms with Crippen molar-refractivity contribution in [2.24, 2.45) is 0 Å². The van der Waals surface area contributed by atoms with Crippen LogP contribution in [0.15, 0.2) is 53.3 Å². The van der Waals surface area contributed by atoms with Gasteiger partial charge in [-0.2, -0.15) is 0 Å². The van der Waals surface area contributed by atoms with Gasteiger partial charge in [0, 0.05) is 24.7 Å². The summed E-state index contributed by atoms with van der Waals surface area (Å²) in [5, 5.41) is 0.533. The third-order valence-corrected chi connectivity index (χ3v) is 5.45. The van der Waals surface area contributed by atoms with Crippen LogP contribution >= 0.6 is 12.2 Å². The fraction of sp³-hybridized carbons (Fsp3) is 0.318. The second-order valence-electron chi connectivity index (χ2n) is 6.92. The molecule has 3 rings (SSSR count). The van der Waals surface area contributed by atoms with Gasteiger partial charge in [-0.1, -0.05) is 37.3 Å². The molecular weight excluding hydrogens is 370 g/mol. The smallest absolute Gasteiger partial charge is 0.262 e. The van der Waals surface area contributed by atoms with E-state index < -0.39 is 0 Å². The summed E-state index contributed by atoms with van der Waals surface area (Å²) in [6, 6.07) is 15.2. The normalized spacial score (nSPS) is 12.1. The van der Waals surface area contributed by atoms with E-state index in [1.54, 1.807) is 18.2 Å². The molecule has 3 aromatic rings. The number of aromatic amines is 1. The topological polar surface area (TPSA) is 58.1 Å². The van der Waals surface area contributed by atoms with Crippen molar-refractivity contribution in [3.8, 4) is 0 Å². The van der Waals surface area contributed by atoms with E-state index in [4.69, 9.17) is 12.2 Å². The average molecular weight is 396 g/mol. The lowest BCUT2D eigenvalue weighted by Crippen LogP contribution is -2.37. The fourth-order valence-corrected chi connectivity index (χ4v) is 3.59. The Labute approximate surface area is 169 Å². The monoisotopic (exact) mass is 395 g/mol. The van der Waals surface area contributed by atoms with Crippen LogP contribution in [0.5, 0.6) is 0 Å². The number of nitrogens with zero attached hydrogens (tertiary/aromatic N) is 2. The van der Waals surface area contributed by atoms with Crippen LogP contribution < -0.4 is 5.56 Å². The molecule has 1 amide bonds. The average Bonchev–Trinajstić information content (AvgIpc) is 2.71. The number of hydrogen-bond acceptors (Lipinski definition) is 3. The summed E-state index contributed by atoms with van der Waals surface area (Å²) in [4.78, 5) is 30.8. The van der Waals surface area contributed by atoms with Crippen LogP contribution in [0, 0.1) is 4.77 Å². The summed E-state index contributed by atoms with van der Waals surface area (Å²) in [6.07, 6.45) is 0.857. The Balaban J connectivity index is 2.02. The van der Waals surface area contributed by atoms with Gasteiger partial charge in [0.05, 0.1) is 10.9 Å². The zero-order valence-electron chi connectivity index (χ0n) is 16.4. The minimum absolute atomic E-state index is 0.0564. The minimum Gasteiger partial charge on any atom is -0.332 e. The van der Waals surface area contributed by atoms with Crippen LogP contribution in [0.3, 0.4) is 0 Å². The molecule has 146 valence electrons. The Morgan fingerprint density at radius 3 is 2.54 bits per heavy atom. The number of nitrogens with one attached hydrogen (secondary N) is 1. The largest absolute Gasteiger partial charge is 0.332 e. The molecule has 28 heavy (non-hydrogen) atoms. The van der Waals surface area contributed by atoms with Gasteiger partial charge in [0.15, 0.2) is 4.77 Å². The highest BCUT2D eigenvalue weighted by Crippen LogP contribution is 2.18. The first kappa shape index (κ1) is 20.0. The standard InChI is InChI=1S/C22H25N3O2S/c1-4-15(3)25(14-16-9-7-6-8-10-16)20(26)17-11-12-18-19(13-17)23-22(28)24(5-2)21(18)27/h6-13,15H,4-5,14H2,1-3H3,(H,23,28). The third kappa shape index (κ3) is 3.92. The van der Waals surface area contributed by atoms with E-state index in [9.17, 15) is 9.59 Å². The molecule has 2 aromatic carbocycles. The number of hydrogen-bond donors (Lipinski definition) is 1. The second kappa shape index (κ2) is 8.52. The maximum absolute atomic E-state index is 13.3. The van der Waals surface area contributed by atoms with Crippen molar-refractivity contribution in [2.75, 3.05) is 0 Å². The molecule has 1 aromatic heterocycles. The van der Waals surface area contributed by atoms with Crippen molar-refractivity contribution < 1.29 is 4.79 Å². The number of fused-ring (bicyclic) bond motifs is 1. The van der Waals surface area contributed by atoms with E-state index in [1.165, 1.54) is 4.57 Å². The molecule has 0 aliphatic carbocycles. The van der Waals surface area contributed by atoms with E-state index in [0.29, 0.717) is 34.3 Å². The summed E-state index contributed by atoms with van der Waals surface area (Å²) in [6.45, 7) is 7.04. The molecule has 0 spiro atoms. The van der Waals surface area contributed by atoms with E-state index in [0.717, 1.165) is 12.0 Å². The highest BCUT2D eigenvalue weighted by Gasteiger charge is 2.21. The van der Waals surface area contributed by atoms with Crippen LogP contribution in [-0.4, -0.2) is 26.4 Å². The summed E-state index contributed by atoms with van der Waals surface area (Å²) in [5.41, 5.74) is 2.09. The Hall–Kier alpha value is -2.73. The van der Waals surface area contributed by atoms with Crippen LogP contribution in [0.25, 0.3) is 10.9 Å². The van der Waals surface area contributed by atoms with Gasteiger partial charge in [-0.05, 0) is 56.2 Å². The molecule has 1 atom stereocenters. The zero-order valence-corrected chi connectivity index (χ0v) is 17.3. The van der Waals surface area contributed by atoms with Gasteiger partial charge in [-0.3, -0.25) is 14.2 Å². The summed E-state index contributed by atoms with van der Waals surface area (Å²) < 4.78 is 1.88. The second-order valence-corrected chi connectivity index (χ2v) is 7.30. The molecule has 5 nitrogen and oxygen atoms in total. The van der Waals surface area contributed by atoms with Crippen molar-refractivity contribution in [3.05, 3.63) is 74.8 Å². The Bertz CT molecular complexity index is 1100. The predicted molar refractivity (Wildman–Crippen MR) is 115 cm³/mol. The van der Waals surface area contributed by atoms with E-state index in [-0.39, 0.29) is 17.5 Å². The van der Waals surface area contributed by atoms with Gasteiger partial charge in [-0.25, -0.2) is 0 Å². The van der Waals surface area contributed by atoms with E-state index >= 15 is 0 Å². The molecule has 0 bridgehead atoms. The highest BCUT2D eigenvalue weighted by atomic mass is 32.1. The van der Waals surface area contributed by atoms with Crippen LogP contribution in [0.2, 0.25) is 0 Å². The van der Waals surface area contributed by atoms with Gasteiger partial charge in [-0.15, -0.1) is 0 Å². The molecule has 0 radical (unpaired) electrons. The van der Waals surface area contributed by atoms with Gasteiger partial charge >= 0.3 is 0 Å². The number of rotatable bonds is 6. The third-order valence-electron chi connectivity index (χ3n) is 5.12. The maximum Gasteiger partial charge on any atom is 0.262 e. The first-order chi connectivity index (χ1) is 13.5. The van der Waals surface area contributed by atoms with Crippen molar-refractivity contribution in [3.63, 3.8) is 0 Å². The molecule has 0 saturated heterocycles. The number of carbonyl (C=O) groups excluding carboxylic acids is 1. The van der Waals surface area contributed by atoms with E-state index in [2.05, 4.69) is 18.8 Å². The van der Waals surface area contributed by atoms with Gasteiger partial charge in [0.1, 0.15) is 0 Å². The van der Waals surface area contributed by atoms with Gasteiger partial charge < -0.3 is 9.88 Å². The molecule has 1 unspecified atom stereocenters. The van der Waals surface area contributed by atoms with Gasteiger partial charge in [0.25, 0.3) is 11.5 Å². The molecule has 0 aliphatic rings. The molecule has 0 aliphatic heterocycles. The number of H-pyrrole nitrogens is 1. The van der Waals surface area contributed by atoms with Crippen molar-refractivity contribution in [1.29, 1.82) is 0 Å². The SMILES string of the molecule is CCC(C)N(Cc1ccccc1)C(=O)c1ccc2c(=O)n(CC)c(=S)[nH]c2c1. The lowest BCUT2D eigenvalue weighted by molar-refractivity contribution is 0.0671. The van der Waals surface area contributed by atoms with Gasteiger partial charge in [0.2, 0.25) is 0 Å². The fourth-order valence-electron chi connectivity index (χ4n) is 3.27. The Kier molecular flexibility index (Phi) is 6.09. The predicted octanol–water partition coefficient (Wildman–Crippen LogP) is 4.52. The Morgan fingerprint density at radius 1 is 1.18 bits per heavy atom. The molecule has 1 N–H and O–H groups in total. The summed E-state index contributed by atoms with van der Waals surface area (Å²) in [7, 11) is 0. The minimum atomic E-state index is -0.136. The summed E-state index contributed by atoms with van der Waals surface area (Å²) in [5.74, 6) is -0.0564. The number of carbonyl (C=O) groups is 1. The Morgan fingerprint density at radius 2 is 1.89 bits per heavy atom. The highest BCUT2D eigenvalue weighted by molar-refractivity contribution is 7.71. The number of amides is 1. The van der Waals surface area contributed by atoms with Crippen LogP contribution in [0.1, 0.15) is 43.1 Å². The van der Waals surface area contributed by atoms with Crippen molar-refractivity contribution >= 4 is 29.0 Å². The molecular formula is C22H25N3O2S. The van der Waals surface area contributed by atoms with Crippen molar-refractivity contribution in [2.45, 2.75) is 46.3 Å². The number of aromatic nitrogens is 2. The lowest BCUT2D eigenvalue weighted by Gasteiger charge is -2.29. The first-order valence-electron chi connectivity index (χ1n) is 9.58. The first-order valence-corrected chi connectivity index (χ1v) is 9.98. The van der Waals surface area contributed by atoms with Crippen molar-refractivity contribution in [1.82, 2.24) is 14.5 Å². The number of benzene rings is 2. The van der Waals surface area contributed by atoms with Crippen LogP contribution in [-0.2, 0) is 13.1 Å². The lowest BCUT2D eigenvalue weighted by atomic mass is 10.1. The van der Waals surface area contributed by atoms with E-state index in [1.807, 2.05) is 42.2 Å². The molecule has 0 fully saturated rings. The molecule has 0 saturated carbocycles. The van der Waals surface area contributed by atoms with Crippen LogP contribution in [0.4, 0.5) is 0 Å².